The summed E-state index contributed by atoms with van der Waals surface area (Å²) >= 11 is 0. The van der Waals surface area contributed by atoms with Crippen LogP contribution in [0.5, 0.6) is 11.5 Å². The predicted octanol–water partition coefficient (Wildman–Crippen LogP) is 4.21. The third-order valence-corrected chi connectivity index (χ3v) is 7.97. The lowest BCUT2D eigenvalue weighted by Gasteiger charge is -2.26. The number of morpholine rings is 1. The van der Waals surface area contributed by atoms with Crippen LogP contribution >= 0.6 is 0 Å². The molecule has 0 aromatic heterocycles. The van der Waals surface area contributed by atoms with Gasteiger partial charge in [0.1, 0.15) is 24.5 Å². The number of rotatable bonds is 16. The lowest BCUT2D eigenvalue weighted by molar-refractivity contribution is -0.144. The van der Waals surface area contributed by atoms with Crippen molar-refractivity contribution in [2.24, 2.45) is 0 Å². The van der Waals surface area contributed by atoms with Crippen LogP contribution in [0, 0.1) is 6.92 Å². The highest BCUT2D eigenvalue weighted by Crippen LogP contribution is 2.43. The molecule has 248 valence electrons. The van der Waals surface area contributed by atoms with Crippen LogP contribution in [0.4, 0.5) is 0 Å². The maximum absolute atomic E-state index is 13.0. The van der Waals surface area contributed by atoms with Crippen molar-refractivity contribution >= 4 is 23.8 Å². The molecule has 0 aliphatic carbocycles. The van der Waals surface area contributed by atoms with Gasteiger partial charge < -0.3 is 29.0 Å². The molecule has 0 atom stereocenters. The van der Waals surface area contributed by atoms with Gasteiger partial charge in [-0.15, -0.1) is 0 Å². The van der Waals surface area contributed by atoms with Crippen molar-refractivity contribution in [3.05, 3.63) is 69.8 Å². The second kappa shape index (κ2) is 17.5. The first-order chi connectivity index (χ1) is 22.3. The van der Waals surface area contributed by atoms with Crippen LogP contribution in [-0.4, -0.2) is 74.8 Å². The zero-order valence-corrected chi connectivity index (χ0v) is 27.0. The van der Waals surface area contributed by atoms with Crippen LogP contribution in [0.25, 0.3) is 0 Å². The first-order valence-corrected chi connectivity index (χ1v) is 15.9. The number of amides is 1. The SMILES string of the molecule is CCOc1c(C)c2c(c(OC(=O)CCC(=O)NCc3ccccc3)c1CC=C(C)CCC(=O)OCCN1CCOCC1)C(=O)OC2. The number of fused-ring (bicyclic) bond motifs is 1. The number of allylic oxidation sites excluding steroid dienone is 2. The number of esters is 3. The van der Waals surface area contributed by atoms with Crippen molar-refractivity contribution in [1.29, 1.82) is 0 Å². The van der Waals surface area contributed by atoms with E-state index in [1.807, 2.05) is 57.2 Å². The van der Waals surface area contributed by atoms with E-state index in [0.717, 1.165) is 29.8 Å². The van der Waals surface area contributed by atoms with Gasteiger partial charge in [0.25, 0.3) is 0 Å². The predicted molar refractivity (Wildman–Crippen MR) is 170 cm³/mol. The highest BCUT2D eigenvalue weighted by molar-refractivity contribution is 5.99. The van der Waals surface area contributed by atoms with Gasteiger partial charge in [0.2, 0.25) is 5.91 Å². The molecule has 0 radical (unpaired) electrons. The quantitative estimate of drug-likeness (QED) is 0.163. The first-order valence-electron chi connectivity index (χ1n) is 15.9. The summed E-state index contributed by atoms with van der Waals surface area (Å²) in [5, 5.41) is 2.80. The number of carbonyl (C=O) groups is 4. The van der Waals surface area contributed by atoms with Crippen LogP contribution in [0.3, 0.4) is 0 Å². The van der Waals surface area contributed by atoms with Gasteiger partial charge in [-0.3, -0.25) is 19.3 Å². The van der Waals surface area contributed by atoms with Gasteiger partial charge in [-0.05, 0) is 44.7 Å². The van der Waals surface area contributed by atoms with E-state index in [0.29, 0.717) is 62.8 Å². The molecule has 0 saturated carbocycles. The summed E-state index contributed by atoms with van der Waals surface area (Å²) in [6, 6.07) is 9.47. The molecular weight excluding hydrogens is 592 g/mol. The third kappa shape index (κ3) is 9.89. The van der Waals surface area contributed by atoms with Crippen molar-refractivity contribution in [2.45, 2.75) is 66.0 Å². The molecular formula is C35H44N2O9. The van der Waals surface area contributed by atoms with Gasteiger partial charge in [0.15, 0.2) is 5.75 Å². The average molecular weight is 637 g/mol. The van der Waals surface area contributed by atoms with E-state index in [4.69, 9.17) is 23.7 Å². The van der Waals surface area contributed by atoms with Crippen LogP contribution in [0.2, 0.25) is 0 Å². The molecule has 11 heteroatoms. The summed E-state index contributed by atoms with van der Waals surface area (Å²) in [4.78, 5) is 52.9. The normalized spacial score (nSPS) is 14.8. The summed E-state index contributed by atoms with van der Waals surface area (Å²) in [6.45, 7) is 10.5. The molecule has 1 amide bonds. The molecule has 1 saturated heterocycles. The number of hydrogen-bond donors (Lipinski definition) is 1. The topological polar surface area (TPSA) is 130 Å². The minimum Gasteiger partial charge on any atom is -0.493 e. The highest BCUT2D eigenvalue weighted by Gasteiger charge is 2.34. The summed E-state index contributed by atoms with van der Waals surface area (Å²) in [7, 11) is 0. The van der Waals surface area contributed by atoms with Crippen LogP contribution in [-0.2, 0) is 48.2 Å². The Kier molecular flexibility index (Phi) is 13.2. The van der Waals surface area contributed by atoms with Crippen molar-refractivity contribution in [1.82, 2.24) is 10.2 Å². The molecule has 2 aromatic rings. The minimum atomic E-state index is -0.648. The van der Waals surface area contributed by atoms with Gasteiger partial charge in [0, 0.05) is 50.1 Å². The van der Waals surface area contributed by atoms with Crippen LogP contribution in [0.1, 0.15) is 72.1 Å². The van der Waals surface area contributed by atoms with Crippen molar-refractivity contribution in [3.8, 4) is 11.5 Å². The zero-order valence-electron chi connectivity index (χ0n) is 27.0. The van der Waals surface area contributed by atoms with E-state index in [-0.39, 0.29) is 55.5 Å². The van der Waals surface area contributed by atoms with E-state index in [1.165, 1.54) is 0 Å². The Bertz CT molecular complexity index is 1420. The smallest absolute Gasteiger partial charge is 0.342 e. The summed E-state index contributed by atoms with van der Waals surface area (Å²) in [6.07, 6.45) is 2.69. The molecule has 46 heavy (non-hydrogen) atoms. The summed E-state index contributed by atoms with van der Waals surface area (Å²) in [5.74, 6) is -1.17. The minimum absolute atomic E-state index is 0.0509. The molecule has 2 heterocycles. The fourth-order valence-corrected chi connectivity index (χ4v) is 5.31. The van der Waals surface area contributed by atoms with E-state index in [9.17, 15) is 19.2 Å². The van der Waals surface area contributed by atoms with Gasteiger partial charge in [-0.25, -0.2) is 4.79 Å². The number of hydrogen-bond acceptors (Lipinski definition) is 10. The lowest BCUT2D eigenvalue weighted by atomic mass is 9.94. The average Bonchev–Trinajstić information content (AvgIpc) is 3.46. The molecule has 2 aliphatic rings. The fraction of sp³-hybridized carbons (Fsp3) is 0.486. The molecule has 0 unspecified atom stereocenters. The second-order valence-electron chi connectivity index (χ2n) is 11.3. The molecule has 1 fully saturated rings. The lowest BCUT2D eigenvalue weighted by Crippen LogP contribution is -2.38. The Hall–Kier alpha value is -4.22. The number of ether oxygens (including phenoxy) is 5. The van der Waals surface area contributed by atoms with Gasteiger partial charge in [0.05, 0.1) is 26.2 Å². The molecule has 1 N–H and O–H groups in total. The molecule has 0 spiro atoms. The van der Waals surface area contributed by atoms with Gasteiger partial charge >= 0.3 is 17.9 Å². The molecule has 0 bridgehead atoms. The second-order valence-corrected chi connectivity index (χ2v) is 11.3. The van der Waals surface area contributed by atoms with Crippen LogP contribution < -0.4 is 14.8 Å². The van der Waals surface area contributed by atoms with Crippen LogP contribution in [0.15, 0.2) is 42.0 Å². The maximum atomic E-state index is 13.0. The van der Waals surface area contributed by atoms with Gasteiger partial charge in [-0.1, -0.05) is 42.0 Å². The number of nitrogens with one attached hydrogen (secondary N) is 1. The Morgan fingerprint density at radius 2 is 1.74 bits per heavy atom. The van der Waals surface area contributed by atoms with Crippen molar-refractivity contribution in [2.75, 3.05) is 46.1 Å². The maximum Gasteiger partial charge on any atom is 0.342 e. The fourth-order valence-electron chi connectivity index (χ4n) is 5.31. The third-order valence-electron chi connectivity index (χ3n) is 7.97. The molecule has 11 nitrogen and oxygen atoms in total. The number of carbonyl (C=O) groups excluding carboxylic acids is 4. The molecule has 4 rings (SSSR count). The monoisotopic (exact) mass is 636 g/mol. The molecule has 2 aromatic carbocycles. The Labute approximate surface area is 270 Å². The number of cyclic esters (lactones) is 1. The summed E-state index contributed by atoms with van der Waals surface area (Å²) < 4.78 is 27.9. The number of benzene rings is 2. The van der Waals surface area contributed by atoms with E-state index in [1.54, 1.807) is 0 Å². The molecule has 2 aliphatic heterocycles. The van der Waals surface area contributed by atoms with E-state index < -0.39 is 11.9 Å². The number of nitrogens with zero attached hydrogens (tertiary/aromatic N) is 1. The Balaban J connectivity index is 1.40. The Morgan fingerprint density at radius 3 is 2.48 bits per heavy atom. The zero-order chi connectivity index (χ0) is 32.9. The first kappa shape index (κ1) is 34.6. The van der Waals surface area contributed by atoms with E-state index >= 15 is 0 Å². The standard InChI is InChI=1S/C35H44N2O9/c1-4-43-33-25(3)28-23-45-35(41)32(28)34(46-31(40)15-13-29(38)36-22-26-8-6-5-7-9-26)27(33)12-10-24(2)11-14-30(39)44-21-18-37-16-19-42-20-17-37/h5-10H,4,11-23H2,1-3H3,(H,36,38). The largest absolute Gasteiger partial charge is 0.493 e. The van der Waals surface area contributed by atoms with E-state index in [2.05, 4.69) is 10.2 Å². The highest BCUT2D eigenvalue weighted by atomic mass is 16.6. The summed E-state index contributed by atoms with van der Waals surface area (Å²) in [5.41, 5.74) is 3.97. The van der Waals surface area contributed by atoms with Crippen molar-refractivity contribution in [3.63, 3.8) is 0 Å². The Morgan fingerprint density at radius 1 is 1.00 bits per heavy atom. The van der Waals surface area contributed by atoms with Crippen molar-refractivity contribution < 1.29 is 42.9 Å². The van der Waals surface area contributed by atoms with Gasteiger partial charge in [-0.2, -0.15) is 0 Å².